The third-order valence-electron chi connectivity index (χ3n) is 2.00. The molecule has 0 aliphatic heterocycles. The first kappa shape index (κ1) is 14.3. The van der Waals surface area contributed by atoms with Crippen LogP contribution in [0.5, 0.6) is 5.88 Å². The molecule has 18 heavy (non-hydrogen) atoms. The second-order valence-corrected chi connectivity index (χ2v) is 3.60. The minimum atomic E-state index is -2.56. The third-order valence-corrected chi connectivity index (χ3v) is 2.00. The standard InChI is InChI=1S/C11H14F2N2O3/c1-7(16)11(17)15-5-8-2-3-14-10(4-8)18-6-9(12)13/h2-4,7,9,16H,5-6H2,1H3,(H,15,17). The quantitative estimate of drug-likeness (QED) is 0.790. The van der Waals surface area contributed by atoms with Crippen molar-refractivity contribution >= 4 is 5.91 Å². The van der Waals surface area contributed by atoms with Gasteiger partial charge in [0.05, 0.1) is 0 Å². The number of halogens is 2. The summed E-state index contributed by atoms with van der Waals surface area (Å²) in [5, 5.41) is 11.4. The molecule has 0 aliphatic rings. The zero-order chi connectivity index (χ0) is 13.5. The molecule has 0 radical (unpaired) electrons. The first-order valence-electron chi connectivity index (χ1n) is 5.30. The molecule has 7 heteroatoms. The molecule has 0 aliphatic carbocycles. The number of rotatable bonds is 6. The molecular formula is C11H14F2N2O3. The lowest BCUT2D eigenvalue weighted by Gasteiger charge is -2.08. The van der Waals surface area contributed by atoms with Gasteiger partial charge < -0.3 is 15.2 Å². The smallest absolute Gasteiger partial charge is 0.272 e. The van der Waals surface area contributed by atoms with Crippen molar-refractivity contribution < 1.29 is 23.4 Å². The zero-order valence-electron chi connectivity index (χ0n) is 9.77. The summed E-state index contributed by atoms with van der Waals surface area (Å²) in [6.07, 6.45) is -2.27. The second-order valence-electron chi connectivity index (χ2n) is 3.60. The van der Waals surface area contributed by atoms with Crippen molar-refractivity contribution in [3.05, 3.63) is 23.9 Å². The summed E-state index contributed by atoms with van der Waals surface area (Å²) in [5.41, 5.74) is 0.642. The highest BCUT2D eigenvalue weighted by Gasteiger charge is 2.08. The van der Waals surface area contributed by atoms with Gasteiger partial charge in [0, 0.05) is 18.8 Å². The monoisotopic (exact) mass is 260 g/mol. The Kier molecular flexibility index (Phi) is 5.44. The number of aliphatic hydroxyl groups excluding tert-OH is 1. The van der Waals surface area contributed by atoms with Crippen molar-refractivity contribution in [3.8, 4) is 5.88 Å². The van der Waals surface area contributed by atoms with Crippen LogP contribution >= 0.6 is 0 Å². The topological polar surface area (TPSA) is 71.5 Å². The van der Waals surface area contributed by atoms with E-state index in [2.05, 4.69) is 10.3 Å². The van der Waals surface area contributed by atoms with Crippen LogP contribution in [0.3, 0.4) is 0 Å². The molecule has 1 aromatic rings. The molecule has 0 aromatic carbocycles. The second kappa shape index (κ2) is 6.85. The summed E-state index contributed by atoms with van der Waals surface area (Å²) in [6, 6.07) is 3.06. The van der Waals surface area contributed by atoms with Crippen LogP contribution < -0.4 is 10.1 Å². The molecule has 1 amide bonds. The number of aromatic nitrogens is 1. The van der Waals surface area contributed by atoms with Gasteiger partial charge in [-0.1, -0.05) is 0 Å². The molecule has 1 rings (SSSR count). The van der Waals surface area contributed by atoms with Crippen LogP contribution in [-0.2, 0) is 11.3 Å². The molecule has 0 fully saturated rings. The predicted octanol–water partition coefficient (Wildman–Crippen LogP) is 0.722. The molecule has 0 bridgehead atoms. The SMILES string of the molecule is CC(O)C(=O)NCc1ccnc(OCC(F)F)c1. The normalized spacial score (nSPS) is 12.3. The van der Waals surface area contributed by atoms with Gasteiger partial charge >= 0.3 is 0 Å². The van der Waals surface area contributed by atoms with Gasteiger partial charge in [-0.05, 0) is 18.6 Å². The number of carbonyl (C=O) groups is 1. The first-order chi connectivity index (χ1) is 8.49. The molecule has 100 valence electrons. The molecule has 1 atom stereocenters. The van der Waals surface area contributed by atoms with E-state index in [-0.39, 0.29) is 12.4 Å². The minimum absolute atomic E-state index is 0.0686. The number of amides is 1. The number of alkyl halides is 2. The van der Waals surface area contributed by atoms with Crippen LogP contribution in [0.1, 0.15) is 12.5 Å². The van der Waals surface area contributed by atoms with Gasteiger partial charge in [0.15, 0.2) is 6.61 Å². The van der Waals surface area contributed by atoms with Crippen molar-refractivity contribution in [2.45, 2.75) is 26.0 Å². The number of pyridine rings is 1. The zero-order valence-corrected chi connectivity index (χ0v) is 9.77. The van der Waals surface area contributed by atoms with Crippen LogP contribution in [0.15, 0.2) is 18.3 Å². The Labute approximate surface area is 103 Å². The van der Waals surface area contributed by atoms with Gasteiger partial charge in [0.1, 0.15) is 6.10 Å². The maximum absolute atomic E-state index is 11.9. The fraction of sp³-hybridized carbons (Fsp3) is 0.455. The number of hydrogen-bond donors (Lipinski definition) is 2. The maximum atomic E-state index is 11.9. The predicted molar refractivity (Wildman–Crippen MR) is 59.3 cm³/mol. The lowest BCUT2D eigenvalue weighted by Crippen LogP contribution is -2.31. The van der Waals surface area contributed by atoms with E-state index >= 15 is 0 Å². The Bertz CT molecular complexity index is 400. The van der Waals surface area contributed by atoms with E-state index in [9.17, 15) is 13.6 Å². The van der Waals surface area contributed by atoms with Crippen molar-refractivity contribution in [2.24, 2.45) is 0 Å². The fourth-order valence-electron chi connectivity index (χ4n) is 1.12. The number of nitrogens with zero attached hydrogens (tertiary/aromatic N) is 1. The summed E-state index contributed by atoms with van der Waals surface area (Å²) in [5.74, 6) is -0.444. The van der Waals surface area contributed by atoms with Gasteiger partial charge in [0.25, 0.3) is 6.43 Å². The fourth-order valence-corrected chi connectivity index (χ4v) is 1.12. The summed E-state index contributed by atoms with van der Waals surface area (Å²) < 4.78 is 28.6. The number of nitrogens with one attached hydrogen (secondary N) is 1. The molecule has 2 N–H and O–H groups in total. The average Bonchev–Trinajstić information content (AvgIpc) is 2.33. The summed E-state index contributed by atoms with van der Waals surface area (Å²) in [6.45, 7) is 0.785. The van der Waals surface area contributed by atoms with Gasteiger partial charge in [-0.25, -0.2) is 13.8 Å². The van der Waals surface area contributed by atoms with Crippen LogP contribution in [0, 0.1) is 0 Å². The molecule has 0 spiro atoms. The van der Waals surface area contributed by atoms with Gasteiger partial charge in [0.2, 0.25) is 11.8 Å². The molecule has 1 heterocycles. The van der Waals surface area contributed by atoms with Gasteiger partial charge in [-0.15, -0.1) is 0 Å². The van der Waals surface area contributed by atoms with Crippen LogP contribution in [0.4, 0.5) is 8.78 Å². The summed E-state index contributed by atoms with van der Waals surface area (Å²) >= 11 is 0. The van der Waals surface area contributed by atoms with Crippen molar-refractivity contribution in [1.82, 2.24) is 10.3 Å². The number of hydrogen-bond acceptors (Lipinski definition) is 4. The number of ether oxygens (including phenoxy) is 1. The minimum Gasteiger partial charge on any atom is -0.472 e. The van der Waals surface area contributed by atoms with E-state index in [1.54, 1.807) is 6.07 Å². The lowest BCUT2D eigenvalue weighted by molar-refractivity contribution is -0.128. The molecule has 5 nitrogen and oxygen atoms in total. The Morgan fingerprint density at radius 1 is 1.61 bits per heavy atom. The highest BCUT2D eigenvalue weighted by Crippen LogP contribution is 2.10. The highest BCUT2D eigenvalue weighted by molar-refractivity contribution is 5.79. The first-order valence-corrected chi connectivity index (χ1v) is 5.30. The Morgan fingerprint density at radius 2 is 2.33 bits per heavy atom. The average molecular weight is 260 g/mol. The van der Waals surface area contributed by atoms with Crippen molar-refractivity contribution in [3.63, 3.8) is 0 Å². The Morgan fingerprint density at radius 3 is 2.94 bits per heavy atom. The van der Waals surface area contributed by atoms with E-state index in [0.717, 1.165) is 0 Å². The number of carbonyl (C=O) groups excluding carboxylic acids is 1. The Balaban J connectivity index is 2.51. The lowest BCUT2D eigenvalue weighted by atomic mass is 10.2. The van der Waals surface area contributed by atoms with Crippen molar-refractivity contribution in [1.29, 1.82) is 0 Å². The van der Waals surface area contributed by atoms with E-state index in [0.29, 0.717) is 5.56 Å². The summed E-state index contributed by atoms with van der Waals surface area (Å²) in [4.78, 5) is 14.9. The molecule has 1 aromatic heterocycles. The van der Waals surface area contributed by atoms with Gasteiger partial charge in [-0.2, -0.15) is 0 Å². The largest absolute Gasteiger partial charge is 0.472 e. The van der Waals surface area contributed by atoms with E-state index < -0.39 is 25.0 Å². The molecule has 0 saturated heterocycles. The van der Waals surface area contributed by atoms with E-state index in [1.807, 2.05) is 0 Å². The van der Waals surface area contributed by atoms with Gasteiger partial charge in [-0.3, -0.25) is 4.79 Å². The van der Waals surface area contributed by atoms with Crippen LogP contribution in [0.25, 0.3) is 0 Å². The number of aliphatic hydroxyl groups is 1. The van der Waals surface area contributed by atoms with E-state index in [1.165, 1.54) is 19.2 Å². The third kappa shape index (κ3) is 5.05. The van der Waals surface area contributed by atoms with Crippen LogP contribution in [-0.4, -0.2) is 35.1 Å². The highest BCUT2D eigenvalue weighted by atomic mass is 19.3. The summed E-state index contributed by atoms with van der Waals surface area (Å²) in [7, 11) is 0. The van der Waals surface area contributed by atoms with E-state index in [4.69, 9.17) is 9.84 Å². The molecule has 0 saturated carbocycles. The van der Waals surface area contributed by atoms with Crippen molar-refractivity contribution in [2.75, 3.05) is 6.61 Å². The Hall–Kier alpha value is -1.76. The maximum Gasteiger partial charge on any atom is 0.272 e. The molecular weight excluding hydrogens is 246 g/mol. The van der Waals surface area contributed by atoms with Crippen LogP contribution in [0.2, 0.25) is 0 Å². The molecule has 1 unspecified atom stereocenters.